The molecule has 1 aromatic rings. The third kappa shape index (κ3) is 2.04. The maximum atomic E-state index is 6.44. The fraction of sp³-hybridized carbons (Fsp3) is 0.692. The summed E-state index contributed by atoms with van der Waals surface area (Å²) in [5.41, 5.74) is 7.59. The molecule has 1 unspecified atom stereocenters. The molecule has 1 aliphatic carbocycles. The van der Waals surface area contributed by atoms with Crippen molar-refractivity contribution < 1.29 is 4.74 Å². The van der Waals surface area contributed by atoms with Gasteiger partial charge in [0.1, 0.15) is 0 Å². The molecule has 1 fully saturated rings. The van der Waals surface area contributed by atoms with E-state index < -0.39 is 0 Å². The van der Waals surface area contributed by atoms with Crippen LogP contribution in [0, 0.1) is 6.92 Å². The van der Waals surface area contributed by atoms with Gasteiger partial charge in [0.25, 0.3) is 0 Å². The lowest BCUT2D eigenvalue weighted by molar-refractivity contribution is -0.0595. The van der Waals surface area contributed by atoms with Crippen molar-refractivity contribution in [2.24, 2.45) is 5.73 Å². The van der Waals surface area contributed by atoms with Crippen molar-refractivity contribution in [1.82, 2.24) is 0 Å². The summed E-state index contributed by atoms with van der Waals surface area (Å²) in [4.78, 5) is 1.33. The number of hydrogen-bond donors (Lipinski definition) is 1. The molecule has 0 aromatic carbocycles. The molecule has 2 N–H and O–H groups in total. The van der Waals surface area contributed by atoms with Crippen LogP contribution in [0.1, 0.15) is 48.6 Å². The highest BCUT2D eigenvalue weighted by Gasteiger charge is 2.39. The number of hydrogen-bond acceptors (Lipinski definition) is 3. The molecule has 2 nitrogen and oxygen atoms in total. The number of nitrogens with two attached hydrogens (primary N) is 1. The molecule has 90 valence electrons. The molecular formula is C13H21NOS. The molecule has 1 aromatic heterocycles. The SMILES string of the molecule is COC1(C(N)c2ccsc2C)CCCCC1. The number of thiophene rings is 1. The molecule has 0 radical (unpaired) electrons. The van der Waals surface area contributed by atoms with Crippen molar-refractivity contribution in [3.63, 3.8) is 0 Å². The van der Waals surface area contributed by atoms with Gasteiger partial charge in [0, 0.05) is 12.0 Å². The van der Waals surface area contributed by atoms with E-state index in [-0.39, 0.29) is 11.6 Å². The number of rotatable bonds is 3. The van der Waals surface area contributed by atoms with Gasteiger partial charge in [-0.25, -0.2) is 0 Å². The fourth-order valence-corrected chi connectivity index (χ4v) is 3.54. The summed E-state index contributed by atoms with van der Waals surface area (Å²) in [5.74, 6) is 0. The van der Waals surface area contributed by atoms with E-state index in [0.717, 1.165) is 12.8 Å². The number of aryl methyl sites for hydroxylation is 1. The number of ether oxygens (including phenoxy) is 1. The Labute approximate surface area is 102 Å². The zero-order chi connectivity index (χ0) is 11.6. The Bertz CT molecular complexity index is 341. The molecule has 2 rings (SSSR count). The van der Waals surface area contributed by atoms with E-state index in [0.29, 0.717) is 0 Å². The molecule has 1 aliphatic rings. The summed E-state index contributed by atoms with van der Waals surface area (Å²) < 4.78 is 5.80. The Morgan fingerprint density at radius 2 is 2.06 bits per heavy atom. The van der Waals surface area contributed by atoms with Gasteiger partial charge in [0.2, 0.25) is 0 Å². The van der Waals surface area contributed by atoms with E-state index in [1.165, 1.54) is 29.7 Å². The summed E-state index contributed by atoms with van der Waals surface area (Å²) in [5, 5.41) is 2.12. The van der Waals surface area contributed by atoms with Crippen LogP contribution in [0.4, 0.5) is 0 Å². The molecule has 0 spiro atoms. The molecule has 16 heavy (non-hydrogen) atoms. The number of methoxy groups -OCH3 is 1. The van der Waals surface area contributed by atoms with E-state index in [4.69, 9.17) is 10.5 Å². The Kier molecular flexibility index (Phi) is 3.67. The maximum Gasteiger partial charge on any atom is 0.0870 e. The van der Waals surface area contributed by atoms with Gasteiger partial charge in [-0.3, -0.25) is 0 Å². The highest BCUT2D eigenvalue weighted by molar-refractivity contribution is 7.10. The topological polar surface area (TPSA) is 35.2 Å². The lowest BCUT2D eigenvalue weighted by Gasteiger charge is -2.41. The van der Waals surface area contributed by atoms with E-state index in [1.54, 1.807) is 11.3 Å². The predicted octanol–water partition coefficient (Wildman–Crippen LogP) is 3.41. The van der Waals surface area contributed by atoms with E-state index in [1.807, 2.05) is 7.11 Å². The quantitative estimate of drug-likeness (QED) is 0.877. The summed E-state index contributed by atoms with van der Waals surface area (Å²) in [6, 6.07) is 2.18. The summed E-state index contributed by atoms with van der Waals surface area (Å²) in [7, 11) is 1.81. The molecule has 0 aliphatic heterocycles. The Balaban J connectivity index is 2.24. The molecule has 0 saturated heterocycles. The van der Waals surface area contributed by atoms with Crippen LogP contribution >= 0.6 is 11.3 Å². The lowest BCUT2D eigenvalue weighted by Crippen LogP contribution is -2.44. The minimum Gasteiger partial charge on any atom is -0.376 e. The second kappa shape index (κ2) is 4.86. The Morgan fingerprint density at radius 3 is 2.56 bits per heavy atom. The lowest BCUT2D eigenvalue weighted by atomic mass is 9.77. The van der Waals surface area contributed by atoms with Crippen molar-refractivity contribution in [2.75, 3.05) is 7.11 Å². The summed E-state index contributed by atoms with van der Waals surface area (Å²) in [6.45, 7) is 2.14. The first-order valence-electron chi connectivity index (χ1n) is 6.04. The molecule has 1 saturated carbocycles. The van der Waals surface area contributed by atoms with Crippen LogP contribution in [0.3, 0.4) is 0 Å². The van der Waals surface area contributed by atoms with Crippen LogP contribution in [0.2, 0.25) is 0 Å². The zero-order valence-corrected chi connectivity index (χ0v) is 11.0. The van der Waals surface area contributed by atoms with Crippen LogP contribution < -0.4 is 5.73 Å². The average molecular weight is 239 g/mol. The average Bonchev–Trinajstić information content (AvgIpc) is 2.75. The molecule has 0 bridgehead atoms. The first-order chi connectivity index (χ1) is 7.69. The summed E-state index contributed by atoms with van der Waals surface area (Å²) in [6.07, 6.45) is 6.00. The van der Waals surface area contributed by atoms with Gasteiger partial charge >= 0.3 is 0 Å². The highest BCUT2D eigenvalue weighted by atomic mass is 32.1. The third-order valence-corrected chi connectivity index (χ3v) is 4.77. The fourth-order valence-electron chi connectivity index (χ4n) is 2.79. The molecular weight excluding hydrogens is 218 g/mol. The zero-order valence-electron chi connectivity index (χ0n) is 10.2. The minimum absolute atomic E-state index is 0.0315. The third-order valence-electron chi connectivity index (χ3n) is 3.91. The monoisotopic (exact) mass is 239 g/mol. The van der Waals surface area contributed by atoms with Crippen molar-refractivity contribution in [1.29, 1.82) is 0 Å². The second-order valence-corrected chi connectivity index (χ2v) is 5.86. The van der Waals surface area contributed by atoms with Gasteiger partial charge in [-0.1, -0.05) is 19.3 Å². The highest BCUT2D eigenvalue weighted by Crippen LogP contribution is 2.41. The second-order valence-electron chi connectivity index (χ2n) is 4.74. The van der Waals surface area contributed by atoms with Crippen LogP contribution in [-0.2, 0) is 4.74 Å². The van der Waals surface area contributed by atoms with Crippen LogP contribution in [-0.4, -0.2) is 12.7 Å². The van der Waals surface area contributed by atoms with Crippen molar-refractivity contribution >= 4 is 11.3 Å². The Hall–Kier alpha value is -0.380. The van der Waals surface area contributed by atoms with Gasteiger partial charge < -0.3 is 10.5 Å². The van der Waals surface area contributed by atoms with Gasteiger partial charge in [-0.05, 0) is 36.8 Å². The first-order valence-corrected chi connectivity index (χ1v) is 6.92. The van der Waals surface area contributed by atoms with Crippen LogP contribution in [0.5, 0.6) is 0 Å². The standard InChI is InChI=1S/C13H21NOS/c1-10-11(6-9-16-10)12(14)13(15-2)7-4-3-5-8-13/h6,9,12H,3-5,7-8,14H2,1-2H3. The van der Waals surface area contributed by atoms with Gasteiger partial charge in [-0.15, -0.1) is 11.3 Å². The smallest absolute Gasteiger partial charge is 0.0870 e. The van der Waals surface area contributed by atoms with Gasteiger partial charge in [0.05, 0.1) is 11.6 Å². The normalized spacial score (nSPS) is 21.9. The van der Waals surface area contributed by atoms with E-state index in [9.17, 15) is 0 Å². The van der Waals surface area contributed by atoms with Crippen LogP contribution in [0.15, 0.2) is 11.4 Å². The summed E-state index contributed by atoms with van der Waals surface area (Å²) >= 11 is 1.77. The van der Waals surface area contributed by atoms with Crippen LogP contribution in [0.25, 0.3) is 0 Å². The predicted molar refractivity (Wildman–Crippen MR) is 68.8 cm³/mol. The van der Waals surface area contributed by atoms with Crippen molar-refractivity contribution in [2.45, 2.75) is 50.7 Å². The van der Waals surface area contributed by atoms with Crippen molar-refractivity contribution in [3.8, 4) is 0 Å². The van der Waals surface area contributed by atoms with Gasteiger partial charge in [0.15, 0.2) is 0 Å². The van der Waals surface area contributed by atoms with Gasteiger partial charge in [-0.2, -0.15) is 0 Å². The van der Waals surface area contributed by atoms with E-state index >= 15 is 0 Å². The van der Waals surface area contributed by atoms with Crippen molar-refractivity contribution in [3.05, 3.63) is 21.9 Å². The Morgan fingerprint density at radius 1 is 1.38 bits per heavy atom. The molecule has 0 amide bonds. The molecule has 3 heteroatoms. The largest absolute Gasteiger partial charge is 0.376 e. The molecule has 1 heterocycles. The first kappa shape index (κ1) is 12.1. The minimum atomic E-state index is -0.121. The molecule has 1 atom stereocenters. The maximum absolute atomic E-state index is 6.44. The van der Waals surface area contributed by atoms with E-state index in [2.05, 4.69) is 18.4 Å².